The number of hydrogen-bond donors (Lipinski definition) is 1. The number of aromatic nitrogens is 1. The lowest BCUT2D eigenvalue weighted by Gasteiger charge is -2.52. The van der Waals surface area contributed by atoms with Crippen molar-refractivity contribution in [3.63, 3.8) is 0 Å². The third-order valence-electron chi connectivity index (χ3n) is 5.20. The van der Waals surface area contributed by atoms with Gasteiger partial charge >= 0.3 is 0 Å². The van der Waals surface area contributed by atoms with Crippen molar-refractivity contribution in [2.45, 2.75) is 70.5 Å². The molecule has 1 spiro atoms. The standard InChI is InChI=1S/C17H29N3S/c1-14(2)8-15-10-20(11-16-9-18-13-21-16)17(12-19-15)6-4-3-5-7-17/h9,13-15,19H,3-8,10-12H2,1-2H3. The lowest BCUT2D eigenvalue weighted by atomic mass is 9.78. The van der Waals surface area contributed by atoms with Crippen LogP contribution >= 0.6 is 11.3 Å². The molecule has 1 N–H and O–H groups in total. The minimum Gasteiger partial charge on any atom is -0.311 e. The van der Waals surface area contributed by atoms with Gasteiger partial charge in [-0.05, 0) is 25.2 Å². The molecule has 1 saturated heterocycles. The first-order valence-electron chi connectivity index (χ1n) is 8.54. The summed E-state index contributed by atoms with van der Waals surface area (Å²) in [5.41, 5.74) is 2.38. The average Bonchev–Trinajstić information content (AvgIpc) is 2.96. The van der Waals surface area contributed by atoms with Crippen molar-refractivity contribution in [2.24, 2.45) is 5.92 Å². The van der Waals surface area contributed by atoms with E-state index in [2.05, 4.69) is 35.2 Å². The number of piperazine rings is 1. The Kier molecular flexibility index (Phi) is 4.97. The van der Waals surface area contributed by atoms with Crippen molar-refractivity contribution in [1.82, 2.24) is 15.2 Å². The van der Waals surface area contributed by atoms with E-state index in [4.69, 9.17) is 0 Å². The van der Waals surface area contributed by atoms with Crippen LogP contribution in [0.5, 0.6) is 0 Å². The monoisotopic (exact) mass is 307 g/mol. The molecular weight excluding hydrogens is 278 g/mol. The molecule has 3 nitrogen and oxygen atoms in total. The first-order chi connectivity index (χ1) is 10.2. The molecule has 118 valence electrons. The van der Waals surface area contributed by atoms with Crippen molar-refractivity contribution in [1.29, 1.82) is 0 Å². The lowest BCUT2D eigenvalue weighted by molar-refractivity contribution is 0.000807. The minimum atomic E-state index is 0.412. The summed E-state index contributed by atoms with van der Waals surface area (Å²) in [4.78, 5) is 8.48. The second-order valence-electron chi connectivity index (χ2n) is 7.34. The highest BCUT2D eigenvalue weighted by Crippen LogP contribution is 2.37. The largest absolute Gasteiger partial charge is 0.311 e. The van der Waals surface area contributed by atoms with Crippen LogP contribution in [0.15, 0.2) is 11.7 Å². The number of rotatable bonds is 4. The Balaban J connectivity index is 1.73. The maximum Gasteiger partial charge on any atom is 0.0794 e. The fraction of sp³-hybridized carbons (Fsp3) is 0.824. The van der Waals surface area contributed by atoms with Crippen LogP contribution in [0.1, 0.15) is 57.2 Å². The van der Waals surface area contributed by atoms with Gasteiger partial charge in [0.25, 0.3) is 0 Å². The summed E-state index contributed by atoms with van der Waals surface area (Å²) in [6.07, 6.45) is 10.3. The van der Waals surface area contributed by atoms with E-state index < -0.39 is 0 Å². The first-order valence-corrected chi connectivity index (χ1v) is 9.42. The molecule has 0 aromatic carbocycles. The Hall–Kier alpha value is -0.450. The van der Waals surface area contributed by atoms with E-state index in [-0.39, 0.29) is 0 Å². The zero-order chi connectivity index (χ0) is 14.7. The Labute approximate surface area is 133 Å². The van der Waals surface area contributed by atoms with Gasteiger partial charge in [0.2, 0.25) is 0 Å². The van der Waals surface area contributed by atoms with Gasteiger partial charge < -0.3 is 5.32 Å². The molecule has 2 aliphatic rings. The van der Waals surface area contributed by atoms with E-state index in [9.17, 15) is 0 Å². The molecule has 21 heavy (non-hydrogen) atoms. The molecule has 1 aliphatic heterocycles. The van der Waals surface area contributed by atoms with Crippen molar-refractivity contribution < 1.29 is 0 Å². The SMILES string of the molecule is CC(C)CC1CN(Cc2cncs2)C2(CCCCC2)CN1. The van der Waals surface area contributed by atoms with Crippen molar-refractivity contribution in [2.75, 3.05) is 13.1 Å². The van der Waals surface area contributed by atoms with E-state index >= 15 is 0 Å². The maximum atomic E-state index is 4.26. The predicted octanol–water partition coefficient (Wildman–Crippen LogP) is 3.67. The van der Waals surface area contributed by atoms with Crippen LogP contribution in [0.25, 0.3) is 0 Å². The summed E-state index contributed by atoms with van der Waals surface area (Å²) >= 11 is 1.81. The minimum absolute atomic E-state index is 0.412. The van der Waals surface area contributed by atoms with E-state index in [1.807, 2.05) is 5.51 Å². The highest BCUT2D eigenvalue weighted by molar-refractivity contribution is 7.09. The molecule has 0 amide bonds. The maximum absolute atomic E-state index is 4.26. The number of nitrogens with one attached hydrogen (secondary N) is 1. The van der Waals surface area contributed by atoms with E-state index in [0.29, 0.717) is 11.6 Å². The van der Waals surface area contributed by atoms with Crippen molar-refractivity contribution in [3.05, 3.63) is 16.6 Å². The van der Waals surface area contributed by atoms with Crippen LogP contribution in [0.2, 0.25) is 0 Å². The third kappa shape index (κ3) is 3.66. The highest BCUT2D eigenvalue weighted by atomic mass is 32.1. The van der Waals surface area contributed by atoms with E-state index in [0.717, 1.165) is 12.5 Å². The summed E-state index contributed by atoms with van der Waals surface area (Å²) in [6.45, 7) is 8.15. The van der Waals surface area contributed by atoms with Gasteiger partial charge in [-0.2, -0.15) is 0 Å². The Morgan fingerprint density at radius 2 is 2.19 bits per heavy atom. The van der Waals surface area contributed by atoms with E-state index in [1.165, 1.54) is 56.5 Å². The highest BCUT2D eigenvalue weighted by Gasteiger charge is 2.42. The van der Waals surface area contributed by atoms with Gasteiger partial charge in [-0.1, -0.05) is 33.1 Å². The number of nitrogens with zero attached hydrogens (tertiary/aromatic N) is 2. The van der Waals surface area contributed by atoms with Crippen LogP contribution < -0.4 is 5.32 Å². The molecule has 1 aromatic rings. The molecule has 2 heterocycles. The Bertz CT molecular complexity index is 423. The molecule has 4 heteroatoms. The molecular formula is C17H29N3S. The first kappa shape index (κ1) is 15.4. The molecule has 2 fully saturated rings. The normalized spacial score (nSPS) is 26.5. The third-order valence-corrected chi connectivity index (χ3v) is 5.97. The molecule has 3 rings (SSSR count). The quantitative estimate of drug-likeness (QED) is 0.920. The molecule has 1 aliphatic carbocycles. The summed E-state index contributed by atoms with van der Waals surface area (Å²) < 4.78 is 0. The second kappa shape index (κ2) is 6.76. The van der Waals surface area contributed by atoms with E-state index in [1.54, 1.807) is 11.3 Å². The van der Waals surface area contributed by atoms with Crippen LogP contribution in [0.3, 0.4) is 0 Å². The lowest BCUT2D eigenvalue weighted by Crippen LogP contribution is -2.64. The van der Waals surface area contributed by atoms with Gasteiger partial charge in [0.05, 0.1) is 5.51 Å². The van der Waals surface area contributed by atoms with Gasteiger partial charge in [-0.3, -0.25) is 9.88 Å². The smallest absolute Gasteiger partial charge is 0.0794 e. The van der Waals surface area contributed by atoms with Gasteiger partial charge in [0.15, 0.2) is 0 Å². The number of thiazole rings is 1. The molecule has 1 saturated carbocycles. The molecule has 1 atom stereocenters. The van der Waals surface area contributed by atoms with Crippen LogP contribution in [0, 0.1) is 5.92 Å². The molecule has 1 unspecified atom stereocenters. The topological polar surface area (TPSA) is 28.2 Å². The number of hydrogen-bond acceptors (Lipinski definition) is 4. The Morgan fingerprint density at radius 3 is 2.86 bits per heavy atom. The van der Waals surface area contributed by atoms with Crippen LogP contribution in [-0.2, 0) is 6.54 Å². The van der Waals surface area contributed by atoms with Gasteiger partial charge in [0, 0.05) is 42.3 Å². The molecule has 0 radical (unpaired) electrons. The summed E-state index contributed by atoms with van der Waals surface area (Å²) in [7, 11) is 0. The second-order valence-corrected chi connectivity index (χ2v) is 8.31. The van der Waals surface area contributed by atoms with Crippen LogP contribution in [0.4, 0.5) is 0 Å². The predicted molar refractivity (Wildman–Crippen MR) is 89.6 cm³/mol. The zero-order valence-corrected chi connectivity index (χ0v) is 14.3. The van der Waals surface area contributed by atoms with Crippen molar-refractivity contribution in [3.8, 4) is 0 Å². The van der Waals surface area contributed by atoms with Crippen molar-refractivity contribution >= 4 is 11.3 Å². The van der Waals surface area contributed by atoms with Crippen LogP contribution in [-0.4, -0.2) is 34.6 Å². The Morgan fingerprint density at radius 1 is 1.38 bits per heavy atom. The average molecular weight is 308 g/mol. The summed E-state index contributed by atoms with van der Waals surface area (Å²) in [5, 5.41) is 3.87. The zero-order valence-electron chi connectivity index (χ0n) is 13.5. The van der Waals surface area contributed by atoms with Gasteiger partial charge in [-0.25, -0.2) is 0 Å². The molecule has 0 bridgehead atoms. The fourth-order valence-electron chi connectivity index (χ4n) is 4.14. The fourth-order valence-corrected chi connectivity index (χ4v) is 4.75. The molecule has 1 aromatic heterocycles. The summed E-state index contributed by atoms with van der Waals surface area (Å²) in [6, 6.07) is 0.658. The van der Waals surface area contributed by atoms with Gasteiger partial charge in [-0.15, -0.1) is 11.3 Å². The van der Waals surface area contributed by atoms with Gasteiger partial charge in [0.1, 0.15) is 0 Å². The summed E-state index contributed by atoms with van der Waals surface area (Å²) in [5.74, 6) is 0.771.